The van der Waals surface area contributed by atoms with E-state index in [9.17, 15) is 0 Å². The molecule has 1 fully saturated rings. The summed E-state index contributed by atoms with van der Waals surface area (Å²) in [5.41, 5.74) is 1.38. The van der Waals surface area contributed by atoms with E-state index in [1.807, 2.05) is 7.05 Å². The standard InChI is InChI=1S/C19H32N4.HI/c1-16-9-8-12-23(15-16)19(20-2)21-14-18(22(3)4)13-17-10-6-5-7-11-17;/h5-7,10-11,16,18H,8-9,12-15H2,1-4H3,(H,20,21);1H. The first-order valence-corrected chi connectivity index (χ1v) is 8.76. The van der Waals surface area contributed by atoms with E-state index in [4.69, 9.17) is 0 Å². The van der Waals surface area contributed by atoms with Crippen molar-refractivity contribution in [2.24, 2.45) is 10.9 Å². The topological polar surface area (TPSA) is 30.9 Å². The Labute approximate surface area is 164 Å². The van der Waals surface area contributed by atoms with E-state index in [1.54, 1.807) is 0 Å². The first-order valence-electron chi connectivity index (χ1n) is 8.76. The molecule has 0 bridgehead atoms. The molecule has 1 heterocycles. The van der Waals surface area contributed by atoms with Crippen LogP contribution in [0.1, 0.15) is 25.3 Å². The molecular formula is C19H33IN4. The number of benzene rings is 1. The lowest BCUT2D eigenvalue weighted by molar-refractivity contribution is 0.256. The molecule has 0 aromatic heterocycles. The van der Waals surface area contributed by atoms with E-state index in [2.05, 4.69) is 71.5 Å². The van der Waals surface area contributed by atoms with Gasteiger partial charge in [-0.25, -0.2) is 0 Å². The molecule has 1 N–H and O–H groups in total. The molecule has 2 atom stereocenters. The van der Waals surface area contributed by atoms with Gasteiger partial charge in [-0.3, -0.25) is 4.99 Å². The highest BCUT2D eigenvalue weighted by molar-refractivity contribution is 14.0. The van der Waals surface area contributed by atoms with E-state index in [1.165, 1.54) is 18.4 Å². The Morgan fingerprint density at radius 2 is 2.04 bits per heavy atom. The SMILES string of the molecule is CN=C(NCC(Cc1ccccc1)N(C)C)N1CCCC(C)C1.I. The molecule has 0 spiro atoms. The molecule has 0 radical (unpaired) electrons. The van der Waals surface area contributed by atoms with Crippen LogP contribution in [-0.2, 0) is 6.42 Å². The molecule has 24 heavy (non-hydrogen) atoms. The zero-order chi connectivity index (χ0) is 16.7. The van der Waals surface area contributed by atoms with Crippen molar-refractivity contribution in [3.8, 4) is 0 Å². The van der Waals surface area contributed by atoms with Gasteiger partial charge in [0, 0.05) is 32.7 Å². The van der Waals surface area contributed by atoms with Gasteiger partial charge in [0.05, 0.1) is 0 Å². The van der Waals surface area contributed by atoms with Crippen LogP contribution in [0.5, 0.6) is 0 Å². The molecule has 5 heteroatoms. The number of hydrogen-bond acceptors (Lipinski definition) is 2. The lowest BCUT2D eigenvalue weighted by Crippen LogP contribution is -2.50. The molecular weight excluding hydrogens is 411 g/mol. The van der Waals surface area contributed by atoms with Gasteiger partial charge in [-0.2, -0.15) is 0 Å². The van der Waals surface area contributed by atoms with Gasteiger partial charge < -0.3 is 15.1 Å². The van der Waals surface area contributed by atoms with Crippen LogP contribution in [0.4, 0.5) is 0 Å². The second-order valence-electron chi connectivity index (χ2n) is 6.93. The summed E-state index contributed by atoms with van der Waals surface area (Å²) in [5.74, 6) is 1.81. The van der Waals surface area contributed by atoms with Gasteiger partial charge in [-0.15, -0.1) is 24.0 Å². The third kappa shape index (κ3) is 6.59. The van der Waals surface area contributed by atoms with Gasteiger partial charge in [0.1, 0.15) is 0 Å². The summed E-state index contributed by atoms with van der Waals surface area (Å²) in [6.07, 6.45) is 3.65. The summed E-state index contributed by atoms with van der Waals surface area (Å²) in [4.78, 5) is 9.20. The molecule has 2 rings (SSSR count). The number of hydrogen-bond donors (Lipinski definition) is 1. The summed E-state index contributed by atoms with van der Waals surface area (Å²) in [6.45, 7) is 5.48. The van der Waals surface area contributed by atoms with Gasteiger partial charge in [-0.1, -0.05) is 37.3 Å². The van der Waals surface area contributed by atoms with Crippen LogP contribution in [0, 0.1) is 5.92 Å². The van der Waals surface area contributed by atoms with Crippen molar-refractivity contribution in [3.63, 3.8) is 0 Å². The van der Waals surface area contributed by atoms with Crippen LogP contribution in [0.15, 0.2) is 35.3 Å². The van der Waals surface area contributed by atoms with Crippen molar-refractivity contribution < 1.29 is 0 Å². The summed E-state index contributed by atoms with van der Waals surface area (Å²) >= 11 is 0. The van der Waals surface area contributed by atoms with Crippen LogP contribution in [0.25, 0.3) is 0 Å². The molecule has 0 amide bonds. The Hall–Kier alpha value is -0.820. The minimum atomic E-state index is 0. The van der Waals surface area contributed by atoms with E-state index in [0.717, 1.165) is 37.9 Å². The Balaban J connectivity index is 0.00000288. The third-order valence-corrected chi connectivity index (χ3v) is 4.71. The number of guanidine groups is 1. The first-order chi connectivity index (χ1) is 11.1. The van der Waals surface area contributed by atoms with Crippen molar-refractivity contribution in [2.45, 2.75) is 32.2 Å². The Bertz CT molecular complexity index is 489. The van der Waals surface area contributed by atoms with Crippen LogP contribution in [0.3, 0.4) is 0 Å². The van der Waals surface area contributed by atoms with E-state index >= 15 is 0 Å². The van der Waals surface area contributed by atoms with Gasteiger partial charge in [0.15, 0.2) is 5.96 Å². The summed E-state index contributed by atoms with van der Waals surface area (Å²) < 4.78 is 0. The molecule has 1 aliphatic rings. The summed E-state index contributed by atoms with van der Waals surface area (Å²) in [7, 11) is 6.20. The number of nitrogens with one attached hydrogen (secondary N) is 1. The van der Waals surface area contributed by atoms with E-state index in [0.29, 0.717) is 6.04 Å². The maximum Gasteiger partial charge on any atom is 0.193 e. The quantitative estimate of drug-likeness (QED) is 0.430. The molecule has 136 valence electrons. The zero-order valence-corrected chi connectivity index (χ0v) is 17.9. The summed E-state index contributed by atoms with van der Waals surface area (Å²) in [6, 6.07) is 11.2. The highest BCUT2D eigenvalue weighted by Crippen LogP contribution is 2.15. The molecule has 2 unspecified atom stereocenters. The number of likely N-dealkylation sites (N-methyl/N-ethyl adjacent to an activating group) is 1. The number of nitrogens with zero attached hydrogens (tertiary/aromatic N) is 3. The highest BCUT2D eigenvalue weighted by atomic mass is 127. The molecule has 0 aliphatic carbocycles. The fourth-order valence-electron chi connectivity index (χ4n) is 3.25. The third-order valence-electron chi connectivity index (χ3n) is 4.71. The Morgan fingerprint density at radius 3 is 2.62 bits per heavy atom. The molecule has 0 saturated carbocycles. The fourth-order valence-corrected chi connectivity index (χ4v) is 3.25. The lowest BCUT2D eigenvalue weighted by atomic mass is 10.0. The second kappa shape index (κ2) is 10.9. The van der Waals surface area contributed by atoms with Gasteiger partial charge in [-0.05, 0) is 44.8 Å². The Morgan fingerprint density at radius 1 is 1.33 bits per heavy atom. The average molecular weight is 444 g/mol. The van der Waals surface area contributed by atoms with E-state index < -0.39 is 0 Å². The van der Waals surface area contributed by atoms with Crippen molar-refractivity contribution in [1.82, 2.24) is 15.1 Å². The largest absolute Gasteiger partial charge is 0.355 e. The molecule has 1 aromatic carbocycles. The summed E-state index contributed by atoms with van der Waals surface area (Å²) in [5, 5.41) is 3.60. The van der Waals surface area contributed by atoms with E-state index in [-0.39, 0.29) is 24.0 Å². The maximum atomic E-state index is 4.50. The minimum absolute atomic E-state index is 0. The molecule has 4 nitrogen and oxygen atoms in total. The number of piperidine rings is 1. The van der Waals surface area contributed by atoms with Crippen LogP contribution < -0.4 is 5.32 Å². The number of aliphatic imine (C=N–C) groups is 1. The van der Waals surface area contributed by atoms with Crippen molar-refractivity contribution in [3.05, 3.63) is 35.9 Å². The molecule has 1 aromatic rings. The normalized spacial score (nSPS) is 19.8. The Kier molecular flexibility index (Phi) is 9.66. The number of halogens is 1. The van der Waals surface area contributed by atoms with Crippen molar-refractivity contribution in [2.75, 3.05) is 40.8 Å². The van der Waals surface area contributed by atoms with Crippen LogP contribution >= 0.6 is 24.0 Å². The smallest absolute Gasteiger partial charge is 0.193 e. The lowest BCUT2D eigenvalue weighted by Gasteiger charge is -2.34. The van der Waals surface area contributed by atoms with Gasteiger partial charge in [0.25, 0.3) is 0 Å². The highest BCUT2D eigenvalue weighted by Gasteiger charge is 2.20. The van der Waals surface area contributed by atoms with Gasteiger partial charge in [0.2, 0.25) is 0 Å². The fraction of sp³-hybridized carbons (Fsp3) is 0.632. The maximum absolute atomic E-state index is 4.50. The molecule has 1 aliphatic heterocycles. The predicted molar refractivity (Wildman–Crippen MR) is 114 cm³/mol. The number of rotatable bonds is 5. The first kappa shape index (κ1) is 21.2. The average Bonchev–Trinajstić information content (AvgIpc) is 2.55. The zero-order valence-electron chi connectivity index (χ0n) is 15.5. The van der Waals surface area contributed by atoms with Crippen molar-refractivity contribution in [1.29, 1.82) is 0 Å². The monoisotopic (exact) mass is 444 g/mol. The number of likely N-dealkylation sites (tertiary alicyclic amines) is 1. The van der Waals surface area contributed by atoms with Crippen LogP contribution in [-0.4, -0.2) is 62.6 Å². The molecule has 1 saturated heterocycles. The van der Waals surface area contributed by atoms with Crippen LogP contribution in [0.2, 0.25) is 0 Å². The minimum Gasteiger partial charge on any atom is -0.355 e. The predicted octanol–water partition coefficient (Wildman–Crippen LogP) is 3.08. The van der Waals surface area contributed by atoms with Crippen molar-refractivity contribution >= 4 is 29.9 Å². The van der Waals surface area contributed by atoms with Gasteiger partial charge >= 0.3 is 0 Å². The second-order valence-corrected chi connectivity index (χ2v) is 6.93.